The molecule has 3 atom stereocenters. The first kappa shape index (κ1) is 21.0. The SMILES string of the molecule is NC(c1ccccc1)[C@H](NS(=O)Oc1ccc(C(F)(F)F)cc1)c1ccccc1. The highest BCUT2D eigenvalue weighted by atomic mass is 32.2. The van der Waals surface area contributed by atoms with Crippen LogP contribution in [0.15, 0.2) is 84.9 Å². The summed E-state index contributed by atoms with van der Waals surface area (Å²) in [7, 11) is 0. The molecule has 0 bridgehead atoms. The van der Waals surface area contributed by atoms with E-state index >= 15 is 0 Å². The molecule has 0 saturated heterocycles. The van der Waals surface area contributed by atoms with Gasteiger partial charge in [-0.05, 0) is 35.4 Å². The predicted octanol–water partition coefficient (Wildman–Crippen LogP) is 4.69. The lowest BCUT2D eigenvalue weighted by molar-refractivity contribution is -0.137. The average molecular weight is 420 g/mol. The monoisotopic (exact) mass is 420 g/mol. The summed E-state index contributed by atoms with van der Waals surface area (Å²) in [5.74, 6) is 0.0453. The summed E-state index contributed by atoms with van der Waals surface area (Å²) in [5, 5.41) is 0. The Morgan fingerprint density at radius 1 is 0.828 bits per heavy atom. The molecule has 0 aliphatic carbocycles. The van der Waals surface area contributed by atoms with E-state index in [4.69, 9.17) is 9.92 Å². The van der Waals surface area contributed by atoms with Gasteiger partial charge in [-0.3, -0.25) is 0 Å². The lowest BCUT2D eigenvalue weighted by Gasteiger charge is -2.25. The van der Waals surface area contributed by atoms with Gasteiger partial charge < -0.3 is 9.92 Å². The first-order valence-corrected chi connectivity index (χ1v) is 9.81. The second kappa shape index (κ2) is 9.21. The van der Waals surface area contributed by atoms with Crippen LogP contribution in [0.2, 0.25) is 0 Å². The third-order valence-electron chi connectivity index (χ3n) is 4.28. The van der Waals surface area contributed by atoms with Crippen molar-refractivity contribution in [1.82, 2.24) is 4.72 Å². The van der Waals surface area contributed by atoms with E-state index in [1.54, 1.807) is 0 Å². The minimum Gasteiger partial charge on any atom is -0.389 e. The number of nitrogens with two attached hydrogens (primary N) is 1. The van der Waals surface area contributed by atoms with Gasteiger partial charge >= 0.3 is 6.18 Å². The molecule has 0 aromatic heterocycles. The Bertz CT molecular complexity index is 936. The van der Waals surface area contributed by atoms with Crippen LogP contribution in [-0.2, 0) is 17.4 Å². The van der Waals surface area contributed by atoms with E-state index in [9.17, 15) is 17.4 Å². The lowest BCUT2D eigenvalue weighted by atomic mass is 9.95. The molecule has 3 rings (SSSR count). The Hall–Kier alpha value is -2.68. The van der Waals surface area contributed by atoms with E-state index in [-0.39, 0.29) is 5.75 Å². The van der Waals surface area contributed by atoms with Crippen molar-refractivity contribution >= 4 is 11.3 Å². The van der Waals surface area contributed by atoms with Crippen molar-refractivity contribution < 1.29 is 21.6 Å². The number of benzene rings is 3. The number of halogens is 3. The molecule has 29 heavy (non-hydrogen) atoms. The highest BCUT2D eigenvalue weighted by molar-refractivity contribution is 7.78. The van der Waals surface area contributed by atoms with Crippen LogP contribution in [0.3, 0.4) is 0 Å². The molecule has 0 aliphatic heterocycles. The Morgan fingerprint density at radius 3 is 1.86 bits per heavy atom. The largest absolute Gasteiger partial charge is 0.416 e. The molecule has 0 radical (unpaired) electrons. The maximum absolute atomic E-state index is 12.7. The molecule has 3 aromatic carbocycles. The van der Waals surface area contributed by atoms with Gasteiger partial charge in [0.2, 0.25) is 0 Å². The summed E-state index contributed by atoms with van der Waals surface area (Å²) in [6.45, 7) is 0. The third kappa shape index (κ3) is 5.66. The Kier molecular flexibility index (Phi) is 6.68. The molecule has 4 nitrogen and oxygen atoms in total. The average Bonchev–Trinajstić information content (AvgIpc) is 2.72. The Labute approximate surface area is 169 Å². The van der Waals surface area contributed by atoms with Gasteiger partial charge in [0.15, 0.2) is 0 Å². The maximum Gasteiger partial charge on any atom is 0.416 e. The van der Waals surface area contributed by atoms with Crippen molar-refractivity contribution in [3.63, 3.8) is 0 Å². The summed E-state index contributed by atoms with van der Waals surface area (Å²) in [6.07, 6.45) is -4.45. The van der Waals surface area contributed by atoms with Crippen LogP contribution >= 0.6 is 0 Å². The maximum atomic E-state index is 12.7. The zero-order valence-electron chi connectivity index (χ0n) is 15.2. The minimum atomic E-state index is -4.45. The number of hydrogen-bond donors (Lipinski definition) is 2. The van der Waals surface area contributed by atoms with Crippen LogP contribution in [0.1, 0.15) is 28.8 Å². The van der Waals surface area contributed by atoms with Crippen LogP contribution in [0.4, 0.5) is 13.2 Å². The molecule has 0 fully saturated rings. The molecule has 0 saturated carbocycles. The lowest BCUT2D eigenvalue weighted by Crippen LogP contribution is -2.34. The van der Waals surface area contributed by atoms with Gasteiger partial charge in [0.05, 0.1) is 17.6 Å². The fourth-order valence-corrected chi connectivity index (χ4v) is 3.62. The Balaban J connectivity index is 1.76. The first-order chi connectivity index (χ1) is 13.8. The highest BCUT2D eigenvalue weighted by Gasteiger charge is 2.30. The zero-order chi connectivity index (χ0) is 20.9. The number of hydrogen-bond acceptors (Lipinski definition) is 3. The second-order valence-electron chi connectivity index (χ2n) is 6.28. The molecule has 3 N–H and O–H groups in total. The van der Waals surface area contributed by atoms with Gasteiger partial charge in [-0.15, -0.1) is 0 Å². The predicted molar refractivity (Wildman–Crippen MR) is 106 cm³/mol. The fourth-order valence-electron chi connectivity index (χ4n) is 2.79. The van der Waals surface area contributed by atoms with Crippen LogP contribution in [0, 0.1) is 0 Å². The van der Waals surface area contributed by atoms with Crippen molar-refractivity contribution in [2.75, 3.05) is 0 Å². The summed E-state index contributed by atoms with van der Waals surface area (Å²) in [4.78, 5) is 0. The van der Waals surface area contributed by atoms with Crippen molar-refractivity contribution in [3.8, 4) is 5.75 Å². The van der Waals surface area contributed by atoms with Crippen molar-refractivity contribution in [1.29, 1.82) is 0 Å². The van der Waals surface area contributed by atoms with E-state index in [1.807, 2.05) is 60.7 Å². The normalized spacial score (nSPS) is 14.8. The third-order valence-corrected chi connectivity index (χ3v) is 5.07. The molecule has 0 heterocycles. The van der Waals surface area contributed by atoms with Crippen LogP contribution in [0.5, 0.6) is 5.75 Å². The molecular weight excluding hydrogens is 401 g/mol. The quantitative estimate of drug-likeness (QED) is 0.583. The summed E-state index contributed by atoms with van der Waals surface area (Å²) < 4.78 is 58.6. The molecule has 8 heteroatoms. The molecule has 0 amide bonds. The molecule has 0 aliphatic rings. The van der Waals surface area contributed by atoms with Gasteiger partial charge in [0.1, 0.15) is 5.75 Å². The molecule has 3 aromatic rings. The fraction of sp³-hybridized carbons (Fsp3) is 0.143. The summed E-state index contributed by atoms with van der Waals surface area (Å²) >= 11 is -2.03. The van der Waals surface area contributed by atoms with E-state index in [1.165, 1.54) is 0 Å². The smallest absolute Gasteiger partial charge is 0.389 e. The molecular formula is C21H19F3N2O2S. The van der Waals surface area contributed by atoms with Gasteiger partial charge in [-0.1, -0.05) is 60.7 Å². The van der Waals surface area contributed by atoms with E-state index < -0.39 is 35.1 Å². The first-order valence-electron chi connectivity index (χ1n) is 8.73. The van der Waals surface area contributed by atoms with Crippen LogP contribution in [0.25, 0.3) is 0 Å². The van der Waals surface area contributed by atoms with Gasteiger partial charge in [0.25, 0.3) is 11.3 Å². The molecule has 0 spiro atoms. The van der Waals surface area contributed by atoms with Crippen molar-refractivity contribution in [3.05, 3.63) is 102 Å². The standard InChI is InChI=1S/C21H19F3N2O2S/c22-21(23,24)17-11-13-18(14-12-17)28-29(27)26-20(16-9-5-2-6-10-16)19(25)15-7-3-1-4-8-15/h1-14,19-20,26H,25H2/t19?,20-,29?/m1/s1. The van der Waals surface area contributed by atoms with Crippen molar-refractivity contribution in [2.45, 2.75) is 18.3 Å². The van der Waals surface area contributed by atoms with E-state index in [0.29, 0.717) is 0 Å². The highest BCUT2D eigenvalue weighted by Crippen LogP contribution is 2.31. The topological polar surface area (TPSA) is 64.3 Å². The number of rotatable bonds is 7. The summed E-state index contributed by atoms with van der Waals surface area (Å²) in [5.41, 5.74) is 7.23. The molecule has 152 valence electrons. The second-order valence-corrected chi connectivity index (χ2v) is 7.15. The molecule has 2 unspecified atom stereocenters. The van der Waals surface area contributed by atoms with Gasteiger partial charge in [0, 0.05) is 0 Å². The van der Waals surface area contributed by atoms with E-state index in [2.05, 4.69) is 4.72 Å². The number of alkyl halides is 3. The Morgan fingerprint density at radius 2 is 1.34 bits per heavy atom. The van der Waals surface area contributed by atoms with Crippen molar-refractivity contribution in [2.24, 2.45) is 5.73 Å². The van der Waals surface area contributed by atoms with Crippen LogP contribution in [-0.4, -0.2) is 4.21 Å². The summed E-state index contributed by atoms with van der Waals surface area (Å²) in [6, 6.07) is 21.4. The van der Waals surface area contributed by atoms with Gasteiger partial charge in [-0.25, -0.2) is 0 Å². The zero-order valence-corrected chi connectivity index (χ0v) is 16.0. The minimum absolute atomic E-state index is 0.0453. The van der Waals surface area contributed by atoms with Gasteiger partial charge in [-0.2, -0.15) is 22.1 Å². The van der Waals surface area contributed by atoms with E-state index in [0.717, 1.165) is 35.4 Å². The van der Waals surface area contributed by atoms with Crippen LogP contribution < -0.4 is 14.6 Å². The number of nitrogens with one attached hydrogen (secondary N) is 1.